The minimum Gasteiger partial charge on any atom is -0.381 e. The van der Waals surface area contributed by atoms with Crippen molar-refractivity contribution in [1.82, 2.24) is 0 Å². The van der Waals surface area contributed by atoms with Gasteiger partial charge < -0.3 is 10.5 Å². The van der Waals surface area contributed by atoms with Gasteiger partial charge in [0, 0.05) is 18.1 Å². The van der Waals surface area contributed by atoms with Crippen LogP contribution in [-0.2, 0) is 4.74 Å². The predicted octanol–water partition coefficient (Wildman–Crippen LogP) is 1.33. The summed E-state index contributed by atoms with van der Waals surface area (Å²) in [6.07, 6.45) is 1.07. The molecule has 3 nitrogen and oxygen atoms in total. The zero-order valence-corrected chi connectivity index (χ0v) is 8.61. The number of Topliss-reactive ketones (excluding diaryl/α,β-unsaturated/α-hetero) is 1. The number of ether oxygens (including phenoxy) is 1. The monoisotopic (exact) mass is 205 g/mol. The summed E-state index contributed by atoms with van der Waals surface area (Å²) in [7, 11) is 0. The van der Waals surface area contributed by atoms with E-state index in [0.29, 0.717) is 11.5 Å². The van der Waals surface area contributed by atoms with Crippen molar-refractivity contribution >= 4 is 5.78 Å². The number of hydrogen-bond acceptors (Lipinski definition) is 3. The minimum atomic E-state index is -0.00998. The first-order chi connectivity index (χ1) is 7.31. The largest absolute Gasteiger partial charge is 0.381 e. The lowest BCUT2D eigenvalue weighted by Gasteiger charge is -2.08. The van der Waals surface area contributed by atoms with Gasteiger partial charge in [-0.1, -0.05) is 24.3 Å². The van der Waals surface area contributed by atoms with Crippen LogP contribution in [0.4, 0.5) is 0 Å². The van der Waals surface area contributed by atoms with E-state index in [9.17, 15) is 4.79 Å². The standard InChI is InChI=1S/C12H15NO2/c13-7-12(14)10-3-1-9(2-4-10)11-5-6-15-8-11/h1-4,11H,5-8,13H2. The summed E-state index contributed by atoms with van der Waals surface area (Å²) in [5.41, 5.74) is 7.24. The summed E-state index contributed by atoms with van der Waals surface area (Å²) in [5, 5.41) is 0. The van der Waals surface area contributed by atoms with Gasteiger partial charge in [0.05, 0.1) is 13.2 Å². The molecule has 0 saturated carbocycles. The number of benzene rings is 1. The number of carbonyl (C=O) groups excluding carboxylic acids is 1. The second-order valence-electron chi connectivity index (χ2n) is 3.81. The van der Waals surface area contributed by atoms with Crippen molar-refractivity contribution in [3.8, 4) is 0 Å². The van der Waals surface area contributed by atoms with Gasteiger partial charge in [0.15, 0.2) is 5.78 Å². The fourth-order valence-electron chi connectivity index (χ4n) is 1.86. The second-order valence-corrected chi connectivity index (χ2v) is 3.81. The molecule has 80 valence electrons. The summed E-state index contributed by atoms with van der Waals surface area (Å²) in [6, 6.07) is 7.70. The van der Waals surface area contributed by atoms with Gasteiger partial charge >= 0.3 is 0 Å². The van der Waals surface area contributed by atoms with E-state index in [4.69, 9.17) is 10.5 Å². The Hall–Kier alpha value is -1.19. The van der Waals surface area contributed by atoms with Gasteiger partial charge in [0.25, 0.3) is 0 Å². The van der Waals surface area contributed by atoms with Gasteiger partial charge in [0.2, 0.25) is 0 Å². The van der Waals surface area contributed by atoms with Crippen LogP contribution in [0.15, 0.2) is 24.3 Å². The smallest absolute Gasteiger partial charge is 0.176 e. The molecule has 1 aliphatic rings. The van der Waals surface area contributed by atoms with Crippen molar-refractivity contribution in [3.05, 3.63) is 35.4 Å². The maximum atomic E-state index is 11.3. The van der Waals surface area contributed by atoms with Gasteiger partial charge in [-0.25, -0.2) is 0 Å². The maximum Gasteiger partial charge on any atom is 0.176 e. The molecule has 1 unspecified atom stereocenters. The molecule has 0 aromatic heterocycles. The lowest BCUT2D eigenvalue weighted by atomic mass is 9.97. The highest BCUT2D eigenvalue weighted by molar-refractivity contribution is 5.97. The quantitative estimate of drug-likeness (QED) is 0.757. The van der Waals surface area contributed by atoms with Crippen LogP contribution in [0.25, 0.3) is 0 Å². The van der Waals surface area contributed by atoms with E-state index in [1.807, 2.05) is 24.3 Å². The van der Waals surface area contributed by atoms with Gasteiger partial charge in [0.1, 0.15) is 0 Å². The zero-order chi connectivity index (χ0) is 10.7. The zero-order valence-electron chi connectivity index (χ0n) is 8.61. The molecule has 1 atom stereocenters. The van der Waals surface area contributed by atoms with Crippen molar-refractivity contribution < 1.29 is 9.53 Å². The van der Waals surface area contributed by atoms with E-state index in [2.05, 4.69) is 0 Å². The molecule has 1 aliphatic heterocycles. The van der Waals surface area contributed by atoms with Crippen LogP contribution >= 0.6 is 0 Å². The Morgan fingerprint density at radius 2 is 2.13 bits per heavy atom. The fourth-order valence-corrected chi connectivity index (χ4v) is 1.86. The number of rotatable bonds is 3. The molecule has 3 heteroatoms. The Bertz CT molecular complexity index is 339. The second kappa shape index (κ2) is 4.55. The molecule has 0 spiro atoms. The maximum absolute atomic E-state index is 11.3. The van der Waals surface area contributed by atoms with E-state index in [-0.39, 0.29) is 12.3 Å². The molecule has 1 fully saturated rings. The minimum absolute atomic E-state index is 0.00998. The molecule has 1 saturated heterocycles. The highest BCUT2D eigenvalue weighted by Gasteiger charge is 2.17. The third-order valence-corrected chi connectivity index (χ3v) is 2.82. The van der Waals surface area contributed by atoms with Crippen LogP contribution < -0.4 is 5.73 Å². The molecule has 1 aromatic carbocycles. The molecule has 0 amide bonds. The third kappa shape index (κ3) is 2.25. The average Bonchev–Trinajstić information content (AvgIpc) is 2.82. The molecule has 0 aliphatic carbocycles. The lowest BCUT2D eigenvalue weighted by molar-refractivity contribution is 0.100. The molecule has 15 heavy (non-hydrogen) atoms. The summed E-state index contributed by atoms with van der Waals surface area (Å²) < 4.78 is 5.32. The molecule has 0 radical (unpaired) electrons. The van der Waals surface area contributed by atoms with Crippen LogP contribution in [0.3, 0.4) is 0 Å². The molecule has 0 bridgehead atoms. The third-order valence-electron chi connectivity index (χ3n) is 2.82. The van der Waals surface area contributed by atoms with Crippen molar-refractivity contribution in [1.29, 1.82) is 0 Å². The van der Waals surface area contributed by atoms with E-state index >= 15 is 0 Å². The van der Waals surface area contributed by atoms with Crippen LogP contribution in [0.2, 0.25) is 0 Å². The Labute approximate surface area is 89.2 Å². The van der Waals surface area contributed by atoms with Gasteiger partial charge in [-0.05, 0) is 12.0 Å². The van der Waals surface area contributed by atoms with Gasteiger partial charge in [-0.15, -0.1) is 0 Å². The molecular formula is C12H15NO2. The molecule has 1 aromatic rings. The van der Waals surface area contributed by atoms with Gasteiger partial charge in [-0.3, -0.25) is 4.79 Å². The summed E-state index contributed by atoms with van der Waals surface area (Å²) >= 11 is 0. The SMILES string of the molecule is NCC(=O)c1ccc(C2CCOC2)cc1. The normalized spacial score (nSPS) is 20.5. The van der Waals surface area contributed by atoms with E-state index < -0.39 is 0 Å². The highest BCUT2D eigenvalue weighted by Crippen LogP contribution is 2.25. The number of ketones is 1. The summed E-state index contributed by atoms with van der Waals surface area (Å²) in [4.78, 5) is 11.3. The molecule has 1 heterocycles. The average molecular weight is 205 g/mol. The van der Waals surface area contributed by atoms with Crippen molar-refractivity contribution in [3.63, 3.8) is 0 Å². The van der Waals surface area contributed by atoms with Crippen LogP contribution in [-0.4, -0.2) is 25.5 Å². The predicted molar refractivity (Wildman–Crippen MR) is 58.0 cm³/mol. The van der Waals surface area contributed by atoms with Crippen molar-refractivity contribution in [2.75, 3.05) is 19.8 Å². The Balaban J connectivity index is 2.12. The van der Waals surface area contributed by atoms with Crippen LogP contribution in [0.1, 0.15) is 28.3 Å². The topological polar surface area (TPSA) is 52.3 Å². The van der Waals surface area contributed by atoms with Crippen LogP contribution in [0, 0.1) is 0 Å². The Morgan fingerprint density at radius 1 is 1.40 bits per heavy atom. The number of carbonyl (C=O) groups is 1. The van der Waals surface area contributed by atoms with E-state index in [1.165, 1.54) is 5.56 Å². The molecule has 2 rings (SSSR count). The molecular weight excluding hydrogens is 190 g/mol. The Kier molecular flexibility index (Phi) is 3.14. The number of nitrogens with two attached hydrogens (primary N) is 1. The van der Waals surface area contributed by atoms with E-state index in [0.717, 1.165) is 19.6 Å². The van der Waals surface area contributed by atoms with E-state index in [1.54, 1.807) is 0 Å². The first-order valence-electron chi connectivity index (χ1n) is 5.22. The highest BCUT2D eigenvalue weighted by atomic mass is 16.5. The summed E-state index contributed by atoms with van der Waals surface area (Å²) in [6.45, 7) is 1.71. The van der Waals surface area contributed by atoms with Gasteiger partial charge in [-0.2, -0.15) is 0 Å². The first-order valence-corrected chi connectivity index (χ1v) is 5.22. The van der Waals surface area contributed by atoms with Crippen LogP contribution in [0.5, 0.6) is 0 Å². The lowest BCUT2D eigenvalue weighted by Crippen LogP contribution is -2.13. The number of hydrogen-bond donors (Lipinski definition) is 1. The summed E-state index contributed by atoms with van der Waals surface area (Å²) in [5.74, 6) is 0.483. The Morgan fingerprint density at radius 3 is 2.67 bits per heavy atom. The first kappa shape index (κ1) is 10.3. The molecule has 2 N–H and O–H groups in total. The van der Waals surface area contributed by atoms with Crippen molar-refractivity contribution in [2.45, 2.75) is 12.3 Å². The van der Waals surface area contributed by atoms with Crippen molar-refractivity contribution in [2.24, 2.45) is 5.73 Å². The fraction of sp³-hybridized carbons (Fsp3) is 0.417.